The maximum atomic E-state index is 5.46. The number of rotatable bonds is 5. The molecule has 1 heterocycles. The quantitative estimate of drug-likeness (QED) is 0.490. The van der Waals surface area contributed by atoms with E-state index in [1.807, 2.05) is 0 Å². The number of ether oxygens (including phenoxy) is 1. The lowest BCUT2D eigenvalue weighted by atomic mass is 10.2. The van der Waals surface area contributed by atoms with E-state index in [1.54, 1.807) is 0 Å². The lowest BCUT2D eigenvalue weighted by molar-refractivity contribution is 0.115. The van der Waals surface area contributed by atoms with Crippen molar-refractivity contribution < 1.29 is 4.74 Å². The Morgan fingerprint density at radius 3 is 3.17 bits per heavy atom. The molecule has 0 radical (unpaired) electrons. The molecule has 0 aliphatic carbocycles. The Morgan fingerprint density at radius 1 is 1.58 bits per heavy atom. The molecule has 0 bridgehead atoms. The van der Waals surface area contributed by atoms with E-state index in [2.05, 4.69) is 11.2 Å². The first-order valence-corrected chi connectivity index (χ1v) is 4.68. The van der Waals surface area contributed by atoms with Crippen LogP contribution in [0, 0.1) is 12.3 Å². The average molecular weight is 167 g/mol. The highest BCUT2D eigenvalue weighted by molar-refractivity contribution is 4.82. The molecule has 1 aliphatic rings. The van der Waals surface area contributed by atoms with Gasteiger partial charge in [0.1, 0.15) is 0 Å². The fourth-order valence-corrected chi connectivity index (χ4v) is 1.40. The van der Waals surface area contributed by atoms with Crippen molar-refractivity contribution in [1.29, 1.82) is 0 Å². The summed E-state index contributed by atoms with van der Waals surface area (Å²) in [5.74, 6) is 2.60. The molecule has 0 aromatic carbocycles. The third-order valence-electron chi connectivity index (χ3n) is 2.09. The lowest BCUT2D eigenvalue weighted by Crippen LogP contribution is -2.26. The molecule has 0 amide bonds. The van der Waals surface area contributed by atoms with Gasteiger partial charge in [0.15, 0.2) is 0 Å². The first-order valence-electron chi connectivity index (χ1n) is 4.68. The standard InChI is InChI=1S/C10H17NO/c1-2-3-4-8-12-9-10-6-5-7-11-10/h1,10-11H,3-9H2. The molecule has 1 unspecified atom stereocenters. The summed E-state index contributed by atoms with van der Waals surface area (Å²) >= 11 is 0. The third-order valence-corrected chi connectivity index (χ3v) is 2.09. The van der Waals surface area contributed by atoms with Gasteiger partial charge in [-0.1, -0.05) is 0 Å². The van der Waals surface area contributed by atoms with Crippen molar-refractivity contribution in [3.63, 3.8) is 0 Å². The van der Waals surface area contributed by atoms with E-state index in [9.17, 15) is 0 Å². The minimum atomic E-state index is 0.593. The summed E-state index contributed by atoms with van der Waals surface area (Å²) in [6, 6.07) is 0.593. The zero-order valence-corrected chi connectivity index (χ0v) is 7.51. The second-order valence-electron chi connectivity index (χ2n) is 3.18. The van der Waals surface area contributed by atoms with Crippen LogP contribution in [0.5, 0.6) is 0 Å². The van der Waals surface area contributed by atoms with Crippen LogP contribution in [0.2, 0.25) is 0 Å². The largest absolute Gasteiger partial charge is 0.380 e. The van der Waals surface area contributed by atoms with Crippen molar-refractivity contribution >= 4 is 0 Å². The molecule has 1 saturated heterocycles. The average Bonchev–Trinajstić information content (AvgIpc) is 2.57. The Hall–Kier alpha value is -0.520. The fraction of sp³-hybridized carbons (Fsp3) is 0.800. The molecule has 1 atom stereocenters. The van der Waals surface area contributed by atoms with Crippen LogP contribution < -0.4 is 5.32 Å². The molecule has 1 rings (SSSR count). The normalized spacial score (nSPS) is 22.4. The highest BCUT2D eigenvalue weighted by Gasteiger charge is 2.12. The van der Waals surface area contributed by atoms with Crippen LogP contribution in [0.1, 0.15) is 25.7 Å². The van der Waals surface area contributed by atoms with Crippen LogP contribution in [-0.4, -0.2) is 25.8 Å². The van der Waals surface area contributed by atoms with Gasteiger partial charge >= 0.3 is 0 Å². The highest BCUT2D eigenvalue weighted by atomic mass is 16.5. The van der Waals surface area contributed by atoms with Gasteiger partial charge < -0.3 is 10.1 Å². The van der Waals surface area contributed by atoms with Gasteiger partial charge in [0, 0.05) is 19.1 Å². The van der Waals surface area contributed by atoms with Gasteiger partial charge in [0.25, 0.3) is 0 Å². The van der Waals surface area contributed by atoms with Crippen LogP contribution in [0.15, 0.2) is 0 Å². The predicted octanol–water partition coefficient (Wildman–Crippen LogP) is 1.17. The van der Waals surface area contributed by atoms with Crippen LogP contribution in [-0.2, 0) is 4.74 Å². The highest BCUT2D eigenvalue weighted by Crippen LogP contribution is 2.04. The molecular weight excluding hydrogens is 150 g/mol. The molecule has 0 saturated carbocycles. The van der Waals surface area contributed by atoms with Crippen molar-refractivity contribution in [2.75, 3.05) is 19.8 Å². The van der Waals surface area contributed by atoms with E-state index in [1.165, 1.54) is 12.8 Å². The second kappa shape index (κ2) is 6.05. The Labute approximate surface area is 74.7 Å². The SMILES string of the molecule is C#CCCCOCC1CCCN1. The summed E-state index contributed by atoms with van der Waals surface area (Å²) in [5, 5.41) is 3.38. The van der Waals surface area contributed by atoms with Gasteiger partial charge in [0.05, 0.1) is 6.61 Å². The molecular formula is C10H17NO. The molecule has 68 valence electrons. The van der Waals surface area contributed by atoms with Gasteiger partial charge in [0.2, 0.25) is 0 Å². The molecule has 1 fully saturated rings. The monoisotopic (exact) mass is 167 g/mol. The number of terminal acetylenes is 1. The van der Waals surface area contributed by atoms with Crippen molar-refractivity contribution in [1.82, 2.24) is 5.32 Å². The molecule has 12 heavy (non-hydrogen) atoms. The van der Waals surface area contributed by atoms with E-state index in [0.29, 0.717) is 6.04 Å². The first-order chi connectivity index (χ1) is 5.93. The molecule has 2 nitrogen and oxygen atoms in total. The Morgan fingerprint density at radius 2 is 2.50 bits per heavy atom. The fourth-order valence-electron chi connectivity index (χ4n) is 1.40. The maximum Gasteiger partial charge on any atom is 0.0619 e. The van der Waals surface area contributed by atoms with Gasteiger partial charge in [-0.3, -0.25) is 0 Å². The summed E-state index contributed by atoms with van der Waals surface area (Å²) in [7, 11) is 0. The molecule has 0 aromatic heterocycles. The Kier molecular flexibility index (Phi) is 4.82. The third kappa shape index (κ3) is 3.75. The Bertz CT molecular complexity index is 144. The van der Waals surface area contributed by atoms with E-state index in [-0.39, 0.29) is 0 Å². The molecule has 0 spiro atoms. The van der Waals surface area contributed by atoms with Crippen LogP contribution >= 0.6 is 0 Å². The Balaban J connectivity index is 1.85. The lowest BCUT2D eigenvalue weighted by Gasteiger charge is -2.09. The van der Waals surface area contributed by atoms with E-state index >= 15 is 0 Å². The van der Waals surface area contributed by atoms with Crippen molar-refractivity contribution in [2.45, 2.75) is 31.7 Å². The molecule has 1 N–H and O–H groups in total. The predicted molar refractivity (Wildman–Crippen MR) is 49.9 cm³/mol. The van der Waals surface area contributed by atoms with Crippen LogP contribution in [0.4, 0.5) is 0 Å². The summed E-state index contributed by atoms with van der Waals surface area (Å²) < 4.78 is 5.46. The smallest absolute Gasteiger partial charge is 0.0619 e. The van der Waals surface area contributed by atoms with Crippen molar-refractivity contribution in [3.05, 3.63) is 0 Å². The maximum absolute atomic E-state index is 5.46. The zero-order valence-electron chi connectivity index (χ0n) is 7.51. The first kappa shape index (κ1) is 9.57. The summed E-state index contributed by atoms with van der Waals surface area (Å²) in [4.78, 5) is 0. The van der Waals surface area contributed by atoms with Gasteiger partial charge in [-0.25, -0.2) is 0 Å². The number of unbranched alkanes of at least 4 members (excludes halogenated alkanes) is 1. The zero-order chi connectivity index (χ0) is 8.65. The summed E-state index contributed by atoms with van der Waals surface area (Å²) in [5.41, 5.74) is 0. The summed E-state index contributed by atoms with van der Waals surface area (Å²) in [6.45, 7) is 2.81. The van der Waals surface area contributed by atoms with Crippen molar-refractivity contribution in [2.24, 2.45) is 0 Å². The molecule has 1 aliphatic heterocycles. The van der Waals surface area contributed by atoms with Crippen LogP contribution in [0.3, 0.4) is 0 Å². The topological polar surface area (TPSA) is 21.3 Å². The number of hydrogen-bond donors (Lipinski definition) is 1. The number of nitrogens with one attached hydrogen (secondary N) is 1. The van der Waals surface area contributed by atoms with Gasteiger partial charge in [-0.05, 0) is 25.8 Å². The van der Waals surface area contributed by atoms with Gasteiger partial charge in [-0.2, -0.15) is 0 Å². The van der Waals surface area contributed by atoms with E-state index in [4.69, 9.17) is 11.2 Å². The van der Waals surface area contributed by atoms with Gasteiger partial charge in [-0.15, -0.1) is 12.3 Å². The number of hydrogen-bond acceptors (Lipinski definition) is 2. The second-order valence-corrected chi connectivity index (χ2v) is 3.18. The van der Waals surface area contributed by atoms with E-state index < -0.39 is 0 Å². The minimum absolute atomic E-state index is 0.593. The van der Waals surface area contributed by atoms with Crippen LogP contribution in [0.25, 0.3) is 0 Å². The molecule has 0 aromatic rings. The summed E-state index contributed by atoms with van der Waals surface area (Å²) in [6.07, 6.45) is 9.48. The van der Waals surface area contributed by atoms with Crippen molar-refractivity contribution in [3.8, 4) is 12.3 Å². The van der Waals surface area contributed by atoms with E-state index in [0.717, 1.165) is 32.6 Å². The molecule has 2 heteroatoms. The minimum Gasteiger partial charge on any atom is -0.380 e.